The predicted octanol–water partition coefficient (Wildman–Crippen LogP) is 2.67. The Bertz CT molecular complexity index is 731. The smallest absolute Gasteiger partial charge is 0.272 e. The van der Waals surface area contributed by atoms with Gasteiger partial charge in [0.2, 0.25) is 0 Å². The normalized spacial score (nSPS) is 22.9. The lowest BCUT2D eigenvalue weighted by atomic mass is 9.82. The molecule has 5 nitrogen and oxygen atoms in total. The first-order chi connectivity index (χ1) is 11.7. The van der Waals surface area contributed by atoms with E-state index in [1.807, 2.05) is 30.3 Å². The molecule has 1 amide bonds. The second kappa shape index (κ2) is 6.26. The summed E-state index contributed by atoms with van der Waals surface area (Å²) in [6.07, 6.45) is 0.755. The van der Waals surface area contributed by atoms with E-state index in [1.165, 1.54) is 0 Å². The summed E-state index contributed by atoms with van der Waals surface area (Å²) in [5.74, 6) is 0.721. The van der Waals surface area contributed by atoms with Gasteiger partial charge in [0.05, 0.1) is 6.54 Å². The van der Waals surface area contributed by atoms with E-state index in [-0.39, 0.29) is 11.8 Å². The molecular formula is C18H20FN3O2. The Labute approximate surface area is 140 Å². The quantitative estimate of drug-likeness (QED) is 0.847. The molecule has 1 aromatic heterocycles. The van der Waals surface area contributed by atoms with Crippen LogP contribution >= 0.6 is 0 Å². The maximum Gasteiger partial charge on any atom is 0.272 e. The fourth-order valence-corrected chi connectivity index (χ4v) is 3.23. The molecule has 24 heavy (non-hydrogen) atoms. The summed E-state index contributed by atoms with van der Waals surface area (Å²) in [5.41, 5.74) is 1.30. The number of alkyl halides is 1. The van der Waals surface area contributed by atoms with E-state index in [9.17, 15) is 9.18 Å². The average Bonchev–Trinajstić information content (AvgIpc) is 3.03. The Morgan fingerprint density at radius 1 is 1.21 bits per heavy atom. The van der Waals surface area contributed by atoms with Gasteiger partial charge in [-0.25, -0.2) is 4.39 Å². The molecule has 2 aliphatic rings. The van der Waals surface area contributed by atoms with Gasteiger partial charge in [-0.2, -0.15) is 5.10 Å². The van der Waals surface area contributed by atoms with Crippen LogP contribution in [0.4, 0.5) is 4.39 Å². The van der Waals surface area contributed by atoms with Crippen molar-refractivity contribution in [2.75, 3.05) is 13.1 Å². The minimum atomic E-state index is -0.750. The van der Waals surface area contributed by atoms with Gasteiger partial charge in [0.15, 0.2) is 0 Å². The first kappa shape index (κ1) is 15.2. The number of carbonyl (C=O) groups is 1. The maximum absolute atomic E-state index is 13.5. The molecule has 126 valence electrons. The molecule has 0 radical (unpaired) electrons. The number of fused-ring (bicyclic) bond motifs is 1. The van der Waals surface area contributed by atoms with Gasteiger partial charge in [0.1, 0.15) is 29.9 Å². The van der Waals surface area contributed by atoms with E-state index in [4.69, 9.17) is 4.74 Å². The van der Waals surface area contributed by atoms with E-state index in [0.717, 1.165) is 17.9 Å². The van der Waals surface area contributed by atoms with Crippen LogP contribution in [0.1, 0.15) is 29.0 Å². The third-order valence-electron chi connectivity index (χ3n) is 4.83. The van der Waals surface area contributed by atoms with Gasteiger partial charge in [-0.15, -0.1) is 0 Å². The first-order valence-electron chi connectivity index (χ1n) is 8.38. The summed E-state index contributed by atoms with van der Waals surface area (Å²) >= 11 is 0. The van der Waals surface area contributed by atoms with E-state index in [1.54, 1.807) is 15.6 Å². The number of carbonyl (C=O) groups excluding carboxylic acids is 1. The number of hydrogen-bond acceptors (Lipinski definition) is 3. The highest BCUT2D eigenvalue weighted by molar-refractivity contribution is 5.93. The Morgan fingerprint density at radius 3 is 2.75 bits per heavy atom. The van der Waals surface area contributed by atoms with Crippen LogP contribution in [-0.4, -0.2) is 39.8 Å². The van der Waals surface area contributed by atoms with E-state index < -0.39 is 6.17 Å². The van der Waals surface area contributed by atoms with Gasteiger partial charge in [0, 0.05) is 19.0 Å². The summed E-state index contributed by atoms with van der Waals surface area (Å²) in [4.78, 5) is 14.3. The molecule has 1 aromatic carbocycles. The number of para-hydroxylation sites is 1. The molecule has 6 heteroatoms. The summed E-state index contributed by atoms with van der Waals surface area (Å²) < 4.78 is 20.9. The Kier molecular flexibility index (Phi) is 3.96. The van der Waals surface area contributed by atoms with Gasteiger partial charge in [-0.1, -0.05) is 18.2 Å². The standard InChI is InChI=1S/C18H20FN3O2/c19-16-7-6-13(16)11-21-8-9-22-17(18(21)23)10-14(20-22)12-24-15-4-2-1-3-5-15/h1-5,10,13,16H,6-9,11-12H2. The molecule has 1 fully saturated rings. The average molecular weight is 329 g/mol. The highest BCUT2D eigenvalue weighted by Crippen LogP contribution is 2.31. The van der Waals surface area contributed by atoms with Crippen LogP contribution in [0.2, 0.25) is 0 Å². The van der Waals surface area contributed by atoms with Crippen molar-refractivity contribution in [2.24, 2.45) is 5.92 Å². The lowest BCUT2D eigenvalue weighted by Gasteiger charge is -2.36. The fraction of sp³-hybridized carbons (Fsp3) is 0.444. The van der Waals surface area contributed by atoms with Crippen LogP contribution in [0.25, 0.3) is 0 Å². The zero-order chi connectivity index (χ0) is 16.5. The fourth-order valence-electron chi connectivity index (χ4n) is 3.23. The molecule has 0 saturated heterocycles. The van der Waals surface area contributed by atoms with Crippen molar-refractivity contribution in [1.29, 1.82) is 0 Å². The van der Waals surface area contributed by atoms with E-state index >= 15 is 0 Å². The molecule has 2 aromatic rings. The van der Waals surface area contributed by atoms with Gasteiger partial charge in [-0.05, 0) is 31.0 Å². The van der Waals surface area contributed by atoms with E-state index in [2.05, 4.69) is 5.10 Å². The number of halogens is 1. The molecule has 0 spiro atoms. The van der Waals surface area contributed by atoms with E-state index in [0.29, 0.717) is 38.4 Å². The Morgan fingerprint density at radius 2 is 2.04 bits per heavy atom. The van der Waals surface area contributed by atoms with Crippen LogP contribution in [0, 0.1) is 5.92 Å². The third-order valence-corrected chi connectivity index (χ3v) is 4.83. The number of hydrogen-bond donors (Lipinski definition) is 0. The van der Waals surface area contributed by atoms with Crippen molar-refractivity contribution in [2.45, 2.75) is 32.2 Å². The molecule has 4 rings (SSSR count). The second-order valence-corrected chi connectivity index (χ2v) is 6.45. The van der Waals surface area contributed by atoms with Crippen molar-refractivity contribution in [3.8, 4) is 5.75 Å². The molecule has 1 saturated carbocycles. The summed E-state index contributed by atoms with van der Waals surface area (Å²) in [6, 6.07) is 11.3. The summed E-state index contributed by atoms with van der Waals surface area (Å²) in [7, 11) is 0. The van der Waals surface area contributed by atoms with Crippen LogP contribution < -0.4 is 4.74 Å². The molecule has 1 aliphatic heterocycles. The van der Waals surface area contributed by atoms with Crippen molar-refractivity contribution >= 4 is 5.91 Å². The molecule has 0 N–H and O–H groups in total. The van der Waals surface area contributed by atoms with Gasteiger partial charge < -0.3 is 9.64 Å². The molecule has 2 heterocycles. The maximum atomic E-state index is 13.5. The lowest BCUT2D eigenvalue weighted by molar-refractivity contribution is 0.0462. The number of ether oxygens (including phenoxy) is 1. The van der Waals surface area contributed by atoms with Gasteiger partial charge >= 0.3 is 0 Å². The monoisotopic (exact) mass is 329 g/mol. The number of rotatable bonds is 5. The molecule has 0 bridgehead atoms. The zero-order valence-electron chi connectivity index (χ0n) is 13.4. The van der Waals surface area contributed by atoms with Crippen molar-refractivity contribution in [3.05, 3.63) is 47.8 Å². The highest BCUT2D eigenvalue weighted by Gasteiger charge is 2.35. The number of amides is 1. The van der Waals surface area contributed by atoms with Crippen molar-refractivity contribution < 1.29 is 13.9 Å². The van der Waals surface area contributed by atoms with Crippen molar-refractivity contribution in [1.82, 2.24) is 14.7 Å². The Hall–Kier alpha value is -2.37. The van der Waals surface area contributed by atoms with Crippen LogP contribution in [-0.2, 0) is 13.2 Å². The second-order valence-electron chi connectivity index (χ2n) is 6.45. The summed E-state index contributed by atoms with van der Waals surface area (Å²) in [5, 5.41) is 4.45. The third kappa shape index (κ3) is 2.88. The molecule has 2 unspecified atom stereocenters. The minimum Gasteiger partial charge on any atom is -0.487 e. The predicted molar refractivity (Wildman–Crippen MR) is 86.5 cm³/mol. The minimum absolute atomic E-state index is 0.00399. The van der Waals surface area contributed by atoms with Crippen LogP contribution in [0.3, 0.4) is 0 Å². The zero-order valence-corrected chi connectivity index (χ0v) is 13.4. The van der Waals surface area contributed by atoms with Crippen LogP contribution in [0.15, 0.2) is 36.4 Å². The number of aromatic nitrogens is 2. The largest absolute Gasteiger partial charge is 0.487 e. The van der Waals surface area contributed by atoms with Gasteiger partial charge in [0.25, 0.3) is 5.91 Å². The molecular weight excluding hydrogens is 309 g/mol. The molecule has 2 atom stereocenters. The van der Waals surface area contributed by atoms with Crippen molar-refractivity contribution in [3.63, 3.8) is 0 Å². The Balaban J connectivity index is 1.42. The van der Waals surface area contributed by atoms with Crippen LogP contribution in [0.5, 0.6) is 5.75 Å². The lowest BCUT2D eigenvalue weighted by Crippen LogP contribution is -2.46. The SMILES string of the molecule is O=C1c2cc(COc3ccccc3)nn2CCN1CC1CCC1F. The highest BCUT2D eigenvalue weighted by atomic mass is 19.1. The van der Waals surface area contributed by atoms with Gasteiger partial charge in [-0.3, -0.25) is 9.48 Å². The molecule has 1 aliphatic carbocycles. The first-order valence-corrected chi connectivity index (χ1v) is 8.38. The number of nitrogens with zero attached hydrogens (tertiary/aromatic N) is 3. The number of benzene rings is 1. The summed E-state index contributed by atoms with van der Waals surface area (Å²) in [6.45, 7) is 2.08. The topological polar surface area (TPSA) is 47.4 Å².